The van der Waals surface area contributed by atoms with Crippen molar-refractivity contribution in [3.05, 3.63) is 29.6 Å². The van der Waals surface area contributed by atoms with Gasteiger partial charge in [-0.2, -0.15) is 5.26 Å². The van der Waals surface area contributed by atoms with Gasteiger partial charge < -0.3 is 4.74 Å². The second-order valence-corrected chi connectivity index (χ2v) is 7.16. The Morgan fingerprint density at radius 1 is 1.25 bits per heavy atom. The molecule has 0 bridgehead atoms. The highest BCUT2D eigenvalue weighted by atomic mass is 35.7. The van der Waals surface area contributed by atoms with E-state index < -0.39 is 14.9 Å². The van der Waals surface area contributed by atoms with Crippen LogP contribution in [0.3, 0.4) is 0 Å². The largest absolute Gasteiger partial charge is 0.491 e. The number of nitrogens with zero attached hydrogens (tertiary/aromatic N) is 1. The molecule has 0 atom stereocenters. The Morgan fingerprint density at radius 2 is 1.95 bits per heavy atom. The number of hydrogen-bond donors (Lipinski definition) is 0. The van der Waals surface area contributed by atoms with Gasteiger partial charge in [-0.3, -0.25) is 0 Å². The molecular weight excluding hydrogens is 305 g/mol. The standard InChI is InChI=1S/C13H15ClFNO3S/c14-20(17,18)8-4-2-1-3-7-19-13-6-5-11(10-16)9-12(13)15/h5-6,9H,1-4,7-8H2. The fraction of sp³-hybridized carbons (Fsp3) is 0.462. The van der Waals surface area contributed by atoms with Crippen LogP contribution in [0, 0.1) is 17.1 Å². The molecule has 1 aromatic carbocycles. The van der Waals surface area contributed by atoms with Crippen molar-refractivity contribution in [1.29, 1.82) is 5.26 Å². The van der Waals surface area contributed by atoms with E-state index in [9.17, 15) is 12.8 Å². The first-order valence-corrected chi connectivity index (χ1v) is 8.65. The number of rotatable bonds is 8. The van der Waals surface area contributed by atoms with E-state index in [-0.39, 0.29) is 17.1 Å². The maximum atomic E-state index is 13.4. The van der Waals surface area contributed by atoms with Crippen LogP contribution >= 0.6 is 10.7 Å². The summed E-state index contributed by atoms with van der Waals surface area (Å²) in [5.41, 5.74) is 0.247. The topological polar surface area (TPSA) is 67.2 Å². The predicted molar refractivity (Wildman–Crippen MR) is 74.7 cm³/mol. The molecule has 0 aromatic heterocycles. The Hall–Kier alpha value is -1.32. The van der Waals surface area contributed by atoms with Gasteiger partial charge in [0.2, 0.25) is 9.05 Å². The molecule has 0 saturated carbocycles. The van der Waals surface area contributed by atoms with Crippen LogP contribution in [0.5, 0.6) is 5.75 Å². The third-order valence-electron chi connectivity index (χ3n) is 2.60. The average Bonchev–Trinajstić information content (AvgIpc) is 2.37. The second kappa shape index (κ2) is 8.08. The van der Waals surface area contributed by atoms with Gasteiger partial charge in [0.1, 0.15) is 0 Å². The molecule has 0 fully saturated rings. The maximum absolute atomic E-state index is 13.4. The Balaban J connectivity index is 2.20. The quantitative estimate of drug-likeness (QED) is 0.545. The summed E-state index contributed by atoms with van der Waals surface area (Å²) in [6.07, 6.45) is 2.72. The van der Waals surface area contributed by atoms with Gasteiger partial charge in [0.15, 0.2) is 11.6 Å². The third kappa shape index (κ3) is 6.73. The zero-order valence-electron chi connectivity index (χ0n) is 10.8. The fourth-order valence-electron chi connectivity index (χ4n) is 1.60. The lowest BCUT2D eigenvalue weighted by Crippen LogP contribution is -2.01. The zero-order valence-corrected chi connectivity index (χ0v) is 12.4. The molecule has 0 N–H and O–H groups in total. The molecule has 0 heterocycles. The van der Waals surface area contributed by atoms with Gasteiger partial charge in [-0.05, 0) is 31.0 Å². The minimum atomic E-state index is -3.41. The summed E-state index contributed by atoms with van der Waals surface area (Å²) in [4.78, 5) is 0. The highest BCUT2D eigenvalue weighted by Gasteiger charge is 2.05. The summed E-state index contributed by atoms with van der Waals surface area (Å²) in [6.45, 7) is 0.344. The van der Waals surface area contributed by atoms with Crippen molar-refractivity contribution < 1.29 is 17.5 Å². The highest BCUT2D eigenvalue weighted by molar-refractivity contribution is 8.13. The lowest BCUT2D eigenvalue weighted by molar-refractivity contribution is 0.290. The smallest absolute Gasteiger partial charge is 0.232 e. The summed E-state index contributed by atoms with van der Waals surface area (Å²) in [5, 5.41) is 8.60. The van der Waals surface area contributed by atoms with Crippen molar-refractivity contribution in [3.63, 3.8) is 0 Å². The molecule has 0 aliphatic heterocycles. The second-order valence-electron chi connectivity index (χ2n) is 4.26. The molecule has 0 aliphatic carbocycles. The van der Waals surface area contributed by atoms with E-state index in [1.54, 1.807) is 0 Å². The van der Waals surface area contributed by atoms with Crippen LogP contribution in [0.1, 0.15) is 31.2 Å². The van der Waals surface area contributed by atoms with Crippen molar-refractivity contribution in [2.24, 2.45) is 0 Å². The van der Waals surface area contributed by atoms with Crippen molar-refractivity contribution in [2.75, 3.05) is 12.4 Å². The van der Waals surface area contributed by atoms with Gasteiger partial charge in [-0.25, -0.2) is 12.8 Å². The van der Waals surface area contributed by atoms with Gasteiger partial charge in [0.25, 0.3) is 0 Å². The first-order valence-electron chi connectivity index (χ1n) is 6.17. The summed E-state index contributed by atoms with van der Waals surface area (Å²) in [7, 11) is 1.67. The van der Waals surface area contributed by atoms with Crippen molar-refractivity contribution in [2.45, 2.75) is 25.7 Å². The van der Waals surface area contributed by atoms with Gasteiger partial charge in [-0.1, -0.05) is 12.8 Å². The maximum Gasteiger partial charge on any atom is 0.232 e. The number of unbranched alkanes of at least 4 members (excludes halogenated alkanes) is 3. The van der Waals surface area contributed by atoms with Crippen LogP contribution in [0.4, 0.5) is 4.39 Å². The van der Waals surface area contributed by atoms with Crippen LogP contribution in [0.25, 0.3) is 0 Å². The number of ether oxygens (including phenoxy) is 1. The Kier molecular flexibility index (Phi) is 6.76. The van der Waals surface area contributed by atoms with Gasteiger partial charge >= 0.3 is 0 Å². The molecular formula is C13H15ClFNO3S. The molecule has 0 unspecified atom stereocenters. The van der Waals surface area contributed by atoms with Crippen molar-refractivity contribution in [3.8, 4) is 11.8 Å². The molecule has 1 aromatic rings. The van der Waals surface area contributed by atoms with Crippen LogP contribution in [0.2, 0.25) is 0 Å². The number of nitriles is 1. The van der Waals surface area contributed by atoms with E-state index >= 15 is 0 Å². The zero-order chi connectivity index (χ0) is 15.0. The van der Waals surface area contributed by atoms with Crippen LogP contribution in [-0.2, 0) is 9.05 Å². The van der Waals surface area contributed by atoms with Crippen LogP contribution in [-0.4, -0.2) is 20.8 Å². The summed E-state index contributed by atoms with van der Waals surface area (Å²) < 4.78 is 40.0. The Bertz CT molecular complexity index is 584. The first-order chi connectivity index (χ1) is 9.42. The van der Waals surface area contributed by atoms with Crippen LogP contribution < -0.4 is 4.74 Å². The van der Waals surface area contributed by atoms with Gasteiger partial charge in [-0.15, -0.1) is 0 Å². The minimum absolute atomic E-state index is 0.0281. The molecule has 0 radical (unpaired) electrons. The lowest BCUT2D eigenvalue weighted by atomic mass is 10.2. The van der Waals surface area contributed by atoms with E-state index in [2.05, 4.69) is 0 Å². The molecule has 1 rings (SSSR count). The van der Waals surface area contributed by atoms with Crippen molar-refractivity contribution >= 4 is 19.7 Å². The van der Waals surface area contributed by atoms with E-state index in [1.807, 2.05) is 6.07 Å². The van der Waals surface area contributed by atoms with Gasteiger partial charge in [0, 0.05) is 10.7 Å². The molecule has 0 amide bonds. The molecule has 0 aliphatic rings. The summed E-state index contributed by atoms with van der Waals surface area (Å²) >= 11 is 0. The van der Waals surface area contributed by atoms with Gasteiger partial charge in [0.05, 0.1) is 24.0 Å². The fourth-order valence-corrected chi connectivity index (χ4v) is 2.48. The third-order valence-corrected chi connectivity index (χ3v) is 3.84. The molecule has 4 nitrogen and oxygen atoms in total. The predicted octanol–water partition coefficient (Wildman–Crippen LogP) is 3.21. The normalized spacial score (nSPS) is 11.1. The molecule has 7 heteroatoms. The van der Waals surface area contributed by atoms with E-state index in [0.29, 0.717) is 19.4 Å². The molecule has 0 spiro atoms. The molecule has 20 heavy (non-hydrogen) atoms. The van der Waals surface area contributed by atoms with E-state index in [1.165, 1.54) is 12.1 Å². The summed E-state index contributed by atoms with van der Waals surface area (Å²) in [6, 6.07) is 5.88. The lowest BCUT2D eigenvalue weighted by Gasteiger charge is -2.07. The number of benzene rings is 1. The van der Waals surface area contributed by atoms with Crippen LogP contribution in [0.15, 0.2) is 18.2 Å². The Labute approximate surface area is 122 Å². The SMILES string of the molecule is N#Cc1ccc(OCCCCCCS(=O)(=O)Cl)c(F)c1. The number of hydrogen-bond acceptors (Lipinski definition) is 4. The molecule has 0 saturated heterocycles. The van der Waals surface area contributed by atoms with E-state index in [4.69, 9.17) is 20.7 Å². The van der Waals surface area contributed by atoms with Crippen molar-refractivity contribution in [1.82, 2.24) is 0 Å². The average molecular weight is 320 g/mol. The minimum Gasteiger partial charge on any atom is -0.491 e. The highest BCUT2D eigenvalue weighted by Crippen LogP contribution is 2.18. The Morgan fingerprint density at radius 3 is 2.55 bits per heavy atom. The molecule has 110 valence electrons. The summed E-state index contributed by atoms with van der Waals surface area (Å²) in [5.74, 6) is -0.468. The number of halogens is 2. The van der Waals surface area contributed by atoms with E-state index in [0.717, 1.165) is 18.9 Å². The first kappa shape index (κ1) is 16.7. The monoisotopic (exact) mass is 319 g/mol.